The number of aromatic nitrogens is 5. The normalized spacial score (nSPS) is 11.3. The molecule has 0 aliphatic carbocycles. The molecule has 3 aromatic heterocycles. The SMILES string of the molecule is c1ccc(-c2cc(-c3ccccc3)cc(-c3ccnc(-c4nc(-c5ccccc5)cc(-c5cccc(-c6cccc7c6c6cc(-c8ccccc8)ccc6n7-c6ccccc6)c5)n4)n3)c2)cc1. The summed E-state index contributed by atoms with van der Waals surface area (Å²) in [5, 5.41) is 2.39. The van der Waals surface area contributed by atoms with Crippen LogP contribution in [-0.2, 0) is 0 Å². The Morgan fingerprint density at radius 2 is 0.791 bits per heavy atom. The second-order valence-electron chi connectivity index (χ2n) is 16.7. The molecule has 5 nitrogen and oxygen atoms in total. The maximum atomic E-state index is 5.26. The van der Waals surface area contributed by atoms with Gasteiger partial charge < -0.3 is 4.57 Å². The van der Waals surface area contributed by atoms with Crippen molar-refractivity contribution in [3.8, 4) is 95.6 Å². The molecule has 314 valence electrons. The van der Waals surface area contributed by atoms with Gasteiger partial charge in [0, 0.05) is 39.3 Å². The predicted molar refractivity (Wildman–Crippen MR) is 275 cm³/mol. The summed E-state index contributed by atoms with van der Waals surface area (Å²) in [4.78, 5) is 20.4. The summed E-state index contributed by atoms with van der Waals surface area (Å²) in [6, 6.07) is 85.3. The lowest BCUT2D eigenvalue weighted by Gasteiger charge is -2.12. The molecule has 0 N–H and O–H groups in total. The second kappa shape index (κ2) is 17.1. The quantitative estimate of drug-likeness (QED) is 0.145. The van der Waals surface area contributed by atoms with E-state index in [1.54, 1.807) is 0 Å². The standard InChI is InChI=1S/C62H41N5/c1-6-18-42(19-7-1)46-32-33-58-54(40-46)60-53(30-17-31-59(60)67(58)52-28-14-5-15-29-52)47-26-16-27-48(36-47)57-41-56(45-24-12-4-13-25-45)65-62(66-57)61-63-35-34-55(64-61)51-38-49(43-20-8-2-9-21-43)37-50(39-51)44-22-10-3-11-23-44/h1-41H. The molecule has 0 spiro atoms. The topological polar surface area (TPSA) is 56.5 Å². The second-order valence-corrected chi connectivity index (χ2v) is 16.7. The van der Waals surface area contributed by atoms with Crippen molar-refractivity contribution in [1.29, 1.82) is 0 Å². The number of hydrogen-bond acceptors (Lipinski definition) is 4. The van der Waals surface area contributed by atoms with Crippen LogP contribution in [0.25, 0.3) is 117 Å². The minimum Gasteiger partial charge on any atom is -0.309 e. The highest BCUT2D eigenvalue weighted by molar-refractivity contribution is 6.16. The summed E-state index contributed by atoms with van der Waals surface area (Å²) >= 11 is 0. The molecule has 0 bridgehead atoms. The molecule has 3 heterocycles. The van der Waals surface area contributed by atoms with Gasteiger partial charge >= 0.3 is 0 Å². The molecule has 5 heteroatoms. The highest BCUT2D eigenvalue weighted by atomic mass is 15.0. The van der Waals surface area contributed by atoms with Crippen molar-refractivity contribution in [2.45, 2.75) is 0 Å². The number of benzene rings is 9. The first-order chi connectivity index (χ1) is 33.2. The van der Waals surface area contributed by atoms with E-state index in [0.717, 1.165) is 83.9 Å². The smallest absolute Gasteiger partial charge is 0.198 e. The van der Waals surface area contributed by atoms with Gasteiger partial charge in [0.1, 0.15) is 0 Å². The van der Waals surface area contributed by atoms with Crippen LogP contribution in [0.3, 0.4) is 0 Å². The Hall–Kier alpha value is -9.06. The lowest BCUT2D eigenvalue weighted by Crippen LogP contribution is -2.00. The molecule has 0 fully saturated rings. The average Bonchev–Trinajstić information content (AvgIpc) is 3.76. The number of para-hydroxylation sites is 1. The Morgan fingerprint density at radius 3 is 1.45 bits per heavy atom. The van der Waals surface area contributed by atoms with E-state index in [-0.39, 0.29) is 0 Å². The molecule has 0 radical (unpaired) electrons. The third kappa shape index (κ3) is 7.64. The fraction of sp³-hybridized carbons (Fsp3) is 0. The van der Waals surface area contributed by atoms with Crippen LogP contribution in [0.4, 0.5) is 0 Å². The van der Waals surface area contributed by atoms with Crippen molar-refractivity contribution in [2.75, 3.05) is 0 Å². The highest BCUT2D eigenvalue weighted by Crippen LogP contribution is 2.41. The van der Waals surface area contributed by atoms with Crippen molar-refractivity contribution < 1.29 is 0 Å². The molecule has 9 aromatic carbocycles. The summed E-state index contributed by atoms with van der Waals surface area (Å²) in [5.74, 6) is 0.902. The fourth-order valence-corrected chi connectivity index (χ4v) is 9.27. The molecule has 12 aromatic rings. The van der Waals surface area contributed by atoms with Crippen molar-refractivity contribution in [3.63, 3.8) is 0 Å². The number of rotatable bonds is 9. The Morgan fingerprint density at radius 1 is 0.284 bits per heavy atom. The first kappa shape index (κ1) is 39.5. The van der Waals surface area contributed by atoms with Crippen LogP contribution in [0.2, 0.25) is 0 Å². The van der Waals surface area contributed by atoms with E-state index < -0.39 is 0 Å². The van der Waals surface area contributed by atoms with Crippen LogP contribution >= 0.6 is 0 Å². The number of fused-ring (bicyclic) bond motifs is 3. The van der Waals surface area contributed by atoms with Crippen molar-refractivity contribution in [2.24, 2.45) is 0 Å². The van der Waals surface area contributed by atoms with E-state index in [1.807, 2.05) is 42.6 Å². The molecule has 12 rings (SSSR count). The van der Waals surface area contributed by atoms with Gasteiger partial charge in [-0.3, -0.25) is 0 Å². The van der Waals surface area contributed by atoms with E-state index >= 15 is 0 Å². The number of nitrogens with zero attached hydrogens (tertiary/aromatic N) is 5. The molecule has 0 unspecified atom stereocenters. The Labute approximate surface area is 389 Å². The summed E-state index contributed by atoms with van der Waals surface area (Å²) < 4.78 is 2.38. The molecule has 0 amide bonds. The molecule has 0 aliphatic rings. The van der Waals surface area contributed by atoms with Gasteiger partial charge in [-0.2, -0.15) is 0 Å². The third-order valence-corrected chi connectivity index (χ3v) is 12.5. The first-order valence-corrected chi connectivity index (χ1v) is 22.5. The minimum absolute atomic E-state index is 0.451. The van der Waals surface area contributed by atoms with E-state index in [9.17, 15) is 0 Å². The zero-order valence-electron chi connectivity index (χ0n) is 36.4. The van der Waals surface area contributed by atoms with Crippen LogP contribution in [0.15, 0.2) is 249 Å². The van der Waals surface area contributed by atoms with Crippen LogP contribution in [0, 0.1) is 0 Å². The van der Waals surface area contributed by atoms with Gasteiger partial charge in [0.25, 0.3) is 0 Å². The maximum absolute atomic E-state index is 5.26. The fourth-order valence-electron chi connectivity index (χ4n) is 9.27. The van der Waals surface area contributed by atoms with Crippen molar-refractivity contribution >= 4 is 21.8 Å². The van der Waals surface area contributed by atoms with Gasteiger partial charge in [-0.1, -0.05) is 176 Å². The van der Waals surface area contributed by atoms with Crippen molar-refractivity contribution in [3.05, 3.63) is 249 Å². The zero-order chi connectivity index (χ0) is 44.5. The monoisotopic (exact) mass is 855 g/mol. The lowest BCUT2D eigenvalue weighted by atomic mass is 9.95. The predicted octanol–water partition coefficient (Wildman–Crippen LogP) is 15.7. The van der Waals surface area contributed by atoms with Gasteiger partial charge in [0.2, 0.25) is 0 Å². The zero-order valence-corrected chi connectivity index (χ0v) is 36.4. The van der Waals surface area contributed by atoms with E-state index in [0.29, 0.717) is 11.6 Å². The summed E-state index contributed by atoms with van der Waals surface area (Å²) in [6.45, 7) is 0. The molecular formula is C62H41N5. The maximum Gasteiger partial charge on any atom is 0.198 e. The molecule has 0 saturated heterocycles. The van der Waals surface area contributed by atoms with Gasteiger partial charge in [-0.15, -0.1) is 0 Å². The van der Waals surface area contributed by atoms with Crippen molar-refractivity contribution in [1.82, 2.24) is 24.5 Å². The van der Waals surface area contributed by atoms with Gasteiger partial charge in [0.15, 0.2) is 11.6 Å². The van der Waals surface area contributed by atoms with Gasteiger partial charge in [-0.05, 0) is 111 Å². The van der Waals surface area contributed by atoms with Gasteiger partial charge in [-0.25, -0.2) is 19.9 Å². The minimum atomic E-state index is 0.451. The first-order valence-electron chi connectivity index (χ1n) is 22.5. The molecule has 0 atom stereocenters. The molecule has 67 heavy (non-hydrogen) atoms. The van der Waals surface area contributed by atoms with Crippen LogP contribution in [-0.4, -0.2) is 24.5 Å². The third-order valence-electron chi connectivity index (χ3n) is 12.5. The summed E-state index contributed by atoms with van der Waals surface area (Å²) in [7, 11) is 0. The summed E-state index contributed by atoms with van der Waals surface area (Å²) in [6.07, 6.45) is 1.81. The van der Waals surface area contributed by atoms with Crippen LogP contribution in [0.5, 0.6) is 0 Å². The lowest BCUT2D eigenvalue weighted by molar-refractivity contribution is 1.09. The number of hydrogen-bond donors (Lipinski definition) is 0. The van der Waals surface area contributed by atoms with E-state index in [2.05, 4.69) is 211 Å². The molecule has 0 aliphatic heterocycles. The molecule has 0 saturated carbocycles. The average molecular weight is 856 g/mol. The Kier molecular flexibility index (Phi) is 10.1. The van der Waals surface area contributed by atoms with Crippen LogP contribution in [0.1, 0.15) is 0 Å². The summed E-state index contributed by atoms with van der Waals surface area (Å²) in [5.41, 5.74) is 17.8. The van der Waals surface area contributed by atoms with E-state index in [4.69, 9.17) is 19.9 Å². The largest absolute Gasteiger partial charge is 0.309 e. The van der Waals surface area contributed by atoms with Gasteiger partial charge in [0.05, 0.1) is 28.1 Å². The Balaban J connectivity index is 1.00. The highest BCUT2D eigenvalue weighted by Gasteiger charge is 2.19. The van der Waals surface area contributed by atoms with Crippen LogP contribution < -0.4 is 0 Å². The molecular weight excluding hydrogens is 815 g/mol. The Bertz CT molecular complexity index is 3660. The van der Waals surface area contributed by atoms with E-state index in [1.165, 1.54) is 21.9 Å².